The summed E-state index contributed by atoms with van der Waals surface area (Å²) in [5.74, 6) is 0.245. The maximum absolute atomic E-state index is 10.5. The van der Waals surface area contributed by atoms with Crippen LogP contribution >= 0.6 is 0 Å². The molecule has 0 spiro atoms. The Bertz CT molecular complexity index is 682. The molecule has 0 amide bonds. The summed E-state index contributed by atoms with van der Waals surface area (Å²) in [6.45, 7) is 15.4. The van der Waals surface area contributed by atoms with Gasteiger partial charge in [-0.15, -0.1) is 6.58 Å². The third-order valence-electron chi connectivity index (χ3n) is 5.80. The zero-order valence-electron chi connectivity index (χ0n) is 18.1. The first kappa shape index (κ1) is 22.6. The van der Waals surface area contributed by atoms with Crippen LogP contribution in [-0.4, -0.2) is 26.1 Å². The maximum atomic E-state index is 10.5. The summed E-state index contributed by atoms with van der Waals surface area (Å²) in [6, 6.07) is 21.4. The van der Waals surface area contributed by atoms with Gasteiger partial charge in [0.2, 0.25) is 0 Å². The van der Waals surface area contributed by atoms with Gasteiger partial charge in [-0.05, 0) is 33.7 Å². The molecule has 28 heavy (non-hydrogen) atoms. The van der Waals surface area contributed by atoms with Crippen LogP contribution in [-0.2, 0) is 4.43 Å². The lowest BCUT2D eigenvalue weighted by molar-refractivity contribution is 0.0706. The van der Waals surface area contributed by atoms with E-state index in [1.807, 2.05) is 13.0 Å². The van der Waals surface area contributed by atoms with Gasteiger partial charge in [0.15, 0.2) is 0 Å². The Balaban J connectivity index is 2.36. The van der Waals surface area contributed by atoms with Crippen molar-refractivity contribution in [2.45, 2.75) is 52.2 Å². The highest BCUT2D eigenvalue weighted by Crippen LogP contribution is 2.37. The summed E-state index contributed by atoms with van der Waals surface area (Å²) in [4.78, 5) is 0. The third-order valence-corrected chi connectivity index (χ3v) is 10.8. The van der Waals surface area contributed by atoms with E-state index in [4.69, 9.17) is 4.43 Å². The van der Waals surface area contributed by atoms with Gasteiger partial charge in [-0.1, -0.05) is 101 Å². The van der Waals surface area contributed by atoms with Crippen molar-refractivity contribution in [3.63, 3.8) is 0 Å². The molecule has 0 heterocycles. The Morgan fingerprint density at radius 2 is 1.43 bits per heavy atom. The van der Waals surface area contributed by atoms with Gasteiger partial charge >= 0.3 is 0 Å². The molecule has 2 nitrogen and oxygen atoms in total. The molecule has 0 aliphatic rings. The van der Waals surface area contributed by atoms with E-state index >= 15 is 0 Å². The second kappa shape index (κ2) is 9.68. The van der Waals surface area contributed by atoms with Gasteiger partial charge in [0.25, 0.3) is 8.32 Å². The molecule has 0 saturated carbocycles. The van der Waals surface area contributed by atoms with Gasteiger partial charge in [0, 0.05) is 6.61 Å². The largest absolute Gasteiger partial charge is 0.407 e. The van der Waals surface area contributed by atoms with Crippen molar-refractivity contribution < 1.29 is 9.53 Å². The van der Waals surface area contributed by atoms with Gasteiger partial charge in [0.1, 0.15) is 0 Å². The van der Waals surface area contributed by atoms with Crippen LogP contribution in [0.1, 0.15) is 41.0 Å². The molecule has 0 fully saturated rings. The molecule has 0 saturated heterocycles. The van der Waals surface area contributed by atoms with E-state index in [-0.39, 0.29) is 23.0 Å². The van der Waals surface area contributed by atoms with Crippen molar-refractivity contribution in [1.29, 1.82) is 0 Å². The minimum atomic E-state index is -2.49. The van der Waals surface area contributed by atoms with Crippen LogP contribution in [0.4, 0.5) is 0 Å². The summed E-state index contributed by atoms with van der Waals surface area (Å²) in [5.41, 5.74) is 0. The van der Waals surface area contributed by atoms with Crippen LogP contribution in [0.25, 0.3) is 0 Å². The highest BCUT2D eigenvalue weighted by atomic mass is 28.4. The molecule has 1 N–H and O–H groups in total. The number of benzene rings is 2. The van der Waals surface area contributed by atoms with Crippen molar-refractivity contribution in [2.75, 3.05) is 6.61 Å². The highest BCUT2D eigenvalue weighted by molar-refractivity contribution is 6.99. The Kier molecular flexibility index (Phi) is 7.82. The summed E-state index contributed by atoms with van der Waals surface area (Å²) < 4.78 is 6.90. The topological polar surface area (TPSA) is 29.5 Å². The zero-order valence-corrected chi connectivity index (χ0v) is 19.1. The third kappa shape index (κ3) is 4.83. The Morgan fingerprint density at radius 1 is 0.964 bits per heavy atom. The standard InChI is InChI=1S/C25H36O2Si/c1-7-20(2)24(26)21(3)18-19-27-28(25(4,5)6,22-14-10-8-11-15-22)23-16-12-9-13-17-23/h7-17,20-21,24,26H,1,18-19H2,2-6H3/t20-,21-,24+/m0/s1. The Labute approximate surface area is 172 Å². The van der Waals surface area contributed by atoms with Crippen LogP contribution in [0.2, 0.25) is 5.04 Å². The molecule has 0 aromatic heterocycles. The summed E-state index contributed by atoms with van der Waals surface area (Å²) in [6.07, 6.45) is 2.26. The lowest BCUT2D eigenvalue weighted by Gasteiger charge is -2.43. The quantitative estimate of drug-likeness (QED) is 0.488. The summed E-state index contributed by atoms with van der Waals surface area (Å²) >= 11 is 0. The summed E-state index contributed by atoms with van der Waals surface area (Å²) in [5, 5.41) is 13.1. The lowest BCUT2D eigenvalue weighted by Crippen LogP contribution is -2.66. The first-order valence-electron chi connectivity index (χ1n) is 10.3. The van der Waals surface area contributed by atoms with Crippen LogP contribution in [0, 0.1) is 11.8 Å². The van der Waals surface area contributed by atoms with E-state index in [0.717, 1.165) is 6.42 Å². The van der Waals surface area contributed by atoms with Gasteiger partial charge in [-0.25, -0.2) is 0 Å². The first-order valence-corrected chi connectivity index (χ1v) is 12.2. The number of rotatable bonds is 9. The second-order valence-corrected chi connectivity index (χ2v) is 13.2. The van der Waals surface area contributed by atoms with Crippen LogP contribution < -0.4 is 10.4 Å². The van der Waals surface area contributed by atoms with E-state index in [9.17, 15) is 5.11 Å². The molecule has 0 radical (unpaired) electrons. The molecule has 2 aromatic rings. The monoisotopic (exact) mass is 396 g/mol. The highest BCUT2D eigenvalue weighted by Gasteiger charge is 2.50. The van der Waals surface area contributed by atoms with Gasteiger partial charge in [-0.2, -0.15) is 0 Å². The normalized spacial score (nSPS) is 15.6. The zero-order chi connectivity index (χ0) is 20.8. The van der Waals surface area contributed by atoms with Crippen LogP contribution in [0.15, 0.2) is 73.3 Å². The fourth-order valence-corrected chi connectivity index (χ4v) is 8.57. The first-order chi connectivity index (χ1) is 13.2. The molecule has 0 unspecified atom stereocenters. The molecular formula is C25H36O2Si. The molecule has 2 aromatic carbocycles. The molecule has 0 aliphatic carbocycles. The number of hydrogen-bond donors (Lipinski definition) is 1. The van der Waals surface area contributed by atoms with Crippen molar-refractivity contribution in [3.05, 3.63) is 73.3 Å². The van der Waals surface area contributed by atoms with Crippen molar-refractivity contribution in [1.82, 2.24) is 0 Å². The molecule has 3 heteroatoms. The molecule has 0 bridgehead atoms. The van der Waals surface area contributed by atoms with Crippen LogP contribution in [0.3, 0.4) is 0 Å². The molecule has 3 atom stereocenters. The molecule has 152 valence electrons. The molecule has 2 rings (SSSR count). The van der Waals surface area contributed by atoms with Crippen LogP contribution in [0.5, 0.6) is 0 Å². The fourth-order valence-electron chi connectivity index (χ4n) is 3.99. The van der Waals surface area contributed by atoms with Gasteiger partial charge in [0.05, 0.1) is 6.10 Å². The van der Waals surface area contributed by atoms with E-state index < -0.39 is 8.32 Å². The average molecular weight is 397 g/mol. The minimum absolute atomic E-state index is 0.0219. The fraction of sp³-hybridized carbons (Fsp3) is 0.440. The second-order valence-electron chi connectivity index (χ2n) is 8.86. The Morgan fingerprint density at radius 3 is 1.82 bits per heavy atom. The van der Waals surface area contributed by atoms with Crippen molar-refractivity contribution >= 4 is 18.7 Å². The SMILES string of the molecule is C=C[C@H](C)[C@@H](O)[C@@H](C)CCO[Si](c1ccccc1)(c1ccccc1)C(C)(C)C. The predicted molar refractivity (Wildman–Crippen MR) is 123 cm³/mol. The average Bonchev–Trinajstić information content (AvgIpc) is 2.70. The van der Waals surface area contributed by atoms with E-state index in [1.54, 1.807) is 0 Å². The van der Waals surface area contributed by atoms with Crippen molar-refractivity contribution in [2.24, 2.45) is 11.8 Å². The summed E-state index contributed by atoms with van der Waals surface area (Å²) in [7, 11) is -2.49. The van der Waals surface area contributed by atoms with E-state index in [0.29, 0.717) is 6.61 Å². The minimum Gasteiger partial charge on any atom is -0.407 e. The molecule has 0 aliphatic heterocycles. The van der Waals surface area contributed by atoms with Gasteiger partial charge < -0.3 is 9.53 Å². The Hall–Kier alpha value is -1.68. The number of hydrogen-bond acceptors (Lipinski definition) is 2. The smallest absolute Gasteiger partial charge is 0.261 e. The number of aliphatic hydroxyl groups excluding tert-OH is 1. The lowest BCUT2D eigenvalue weighted by atomic mass is 9.91. The number of aliphatic hydroxyl groups is 1. The van der Waals surface area contributed by atoms with Crippen molar-refractivity contribution in [3.8, 4) is 0 Å². The maximum Gasteiger partial charge on any atom is 0.261 e. The van der Waals surface area contributed by atoms with E-state index in [1.165, 1.54) is 10.4 Å². The van der Waals surface area contributed by atoms with Gasteiger partial charge in [-0.3, -0.25) is 0 Å². The molecular weight excluding hydrogens is 360 g/mol. The van der Waals surface area contributed by atoms with E-state index in [2.05, 4.69) is 94.9 Å². The predicted octanol–water partition coefficient (Wildman–Crippen LogP) is 4.77.